The number of rotatable bonds is 3. The number of fused-ring (bicyclic) bond motifs is 5. The van der Waals surface area contributed by atoms with Gasteiger partial charge in [-0.1, -0.05) is 20.4 Å². The summed E-state index contributed by atoms with van der Waals surface area (Å²) in [6.07, 6.45) is -0.667. The number of hydrogen-bond donors (Lipinski definition) is 4. The molecular formula is C30H49F2N7O3. The van der Waals surface area contributed by atoms with Crippen molar-refractivity contribution in [1.29, 1.82) is 0 Å². The number of amides is 3. The first-order chi connectivity index (χ1) is 20.1. The Hall–Kier alpha value is -1.86. The molecule has 12 heteroatoms. The van der Waals surface area contributed by atoms with Crippen LogP contribution in [0.3, 0.4) is 0 Å². The van der Waals surface area contributed by atoms with E-state index in [1.807, 2.05) is 18.7 Å². The third-order valence-electron chi connectivity index (χ3n) is 11.0. The number of nitrogens with zero attached hydrogens (tertiary/aromatic N) is 3. The molecule has 0 aromatic rings. The van der Waals surface area contributed by atoms with Crippen LogP contribution in [-0.4, -0.2) is 120 Å². The van der Waals surface area contributed by atoms with Crippen molar-refractivity contribution in [1.82, 2.24) is 36.0 Å². The first-order valence-corrected chi connectivity index (χ1v) is 16.0. The minimum Gasteiger partial charge on any atom is -0.373 e. The molecule has 0 radical (unpaired) electrons. The molecule has 1 aliphatic carbocycles. The van der Waals surface area contributed by atoms with Crippen LogP contribution in [0.15, 0.2) is 12.7 Å². The molecule has 5 saturated heterocycles. The van der Waals surface area contributed by atoms with Crippen molar-refractivity contribution >= 4 is 11.9 Å². The molecular weight excluding hydrogens is 544 g/mol. The van der Waals surface area contributed by atoms with Gasteiger partial charge in [0.2, 0.25) is 5.91 Å². The average Bonchev–Trinajstić information content (AvgIpc) is 2.96. The first-order valence-electron chi connectivity index (χ1n) is 16.0. The minimum atomic E-state index is -1.29. The van der Waals surface area contributed by atoms with Crippen LogP contribution in [0.4, 0.5) is 13.6 Å². The second-order valence-corrected chi connectivity index (χ2v) is 13.7. The molecule has 2 bridgehead atoms. The van der Waals surface area contributed by atoms with Crippen LogP contribution in [0.2, 0.25) is 0 Å². The van der Waals surface area contributed by atoms with Gasteiger partial charge in [0.05, 0.1) is 36.6 Å². The second kappa shape index (κ2) is 11.9. The highest BCUT2D eigenvalue weighted by molar-refractivity contribution is 5.87. The van der Waals surface area contributed by atoms with Gasteiger partial charge in [-0.05, 0) is 51.5 Å². The largest absolute Gasteiger partial charge is 0.373 e. The number of nitrogens with one attached hydrogen (secondary N) is 4. The zero-order chi connectivity index (χ0) is 29.9. The highest BCUT2D eigenvalue weighted by Gasteiger charge is 2.59. The van der Waals surface area contributed by atoms with Gasteiger partial charge in [-0.25, -0.2) is 13.6 Å². The molecule has 0 aromatic carbocycles. The summed E-state index contributed by atoms with van der Waals surface area (Å²) in [6, 6.07) is -1.47. The van der Waals surface area contributed by atoms with Crippen molar-refractivity contribution in [3.63, 3.8) is 0 Å². The number of urea groups is 1. The third-order valence-corrected chi connectivity index (χ3v) is 11.0. The van der Waals surface area contributed by atoms with E-state index in [1.165, 1.54) is 6.08 Å². The Morgan fingerprint density at radius 2 is 1.88 bits per heavy atom. The fourth-order valence-electron chi connectivity index (χ4n) is 8.99. The van der Waals surface area contributed by atoms with Gasteiger partial charge >= 0.3 is 6.03 Å². The summed E-state index contributed by atoms with van der Waals surface area (Å²) in [4.78, 5) is 32.5. The van der Waals surface area contributed by atoms with Crippen LogP contribution >= 0.6 is 0 Å². The van der Waals surface area contributed by atoms with Gasteiger partial charge < -0.3 is 19.9 Å². The lowest BCUT2D eigenvalue weighted by molar-refractivity contribution is -0.155. The van der Waals surface area contributed by atoms with Crippen molar-refractivity contribution < 1.29 is 23.1 Å². The van der Waals surface area contributed by atoms with Crippen molar-refractivity contribution in [2.24, 2.45) is 17.8 Å². The lowest BCUT2D eigenvalue weighted by Crippen LogP contribution is -2.82. The predicted molar refractivity (Wildman–Crippen MR) is 155 cm³/mol. The summed E-state index contributed by atoms with van der Waals surface area (Å²) in [5.74, 6) is -0.778. The van der Waals surface area contributed by atoms with Gasteiger partial charge in [0.1, 0.15) is 12.3 Å². The van der Waals surface area contributed by atoms with Gasteiger partial charge in [-0.2, -0.15) is 0 Å². The molecule has 6 rings (SSSR count). The molecule has 0 aromatic heterocycles. The van der Waals surface area contributed by atoms with E-state index >= 15 is 8.78 Å². The maximum atomic E-state index is 16.4. The van der Waals surface area contributed by atoms with Crippen molar-refractivity contribution in [3.05, 3.63) is 12.7 Å². The fraction of sp³-hybridized carbons (Fsp3) is 0.867. The Morgan fingerprint density at radius 3 is 2.60 bits per heavy atom. The smallest absolute Gasteiger partial charge is 0.320 e. The molecule has 5 aliphatic heterocycles. The predicted octanol–water partition coefficient (Wildman–Crippen LogP) is 1.54. The standard InChI is InChI=1S/C30H49F2N7O3/c1-6-22(40)37-10-11-38(16(4)13-37)28-18-12-20(32)26-23-19(31)8-7-9-21(23)42-17(5)25-27(24(15(2)3)33-14-34-25)39(29(18)35-26)30(41)36-28/h6,15-21,23-29,33-35H,1,7-14H2,2-5H3,(H,36,41)/t16-,17?,18?,19?,20?,21?,23?,24?,25?,26?,27?,28?,29?/m0/s1. The van der Waals surface area contributed by atoms with Gasteiger partial charge in [0.15, 0.2) is 0 Å². The maximum absolute atomic E-state index is 16.4. The van der Waals surface area contributed by atoms with Crippen LogP contribution in [0.5, 0.6) is 0 Å². The molecule has 236 valence electrons. The molecule has 42 heavy (non-hydrogen) atoms. The van der Waals surface area contributed by atoms with Gasteiger partial charge in [0.25, 0.3) is 0 Å². The van der Waals surface area contributed by atoms with E-state index < -0.39 is 36.6 Å². The molecule has 4 N–H and O–H groups in total. The normalized spacial score (nSPS) is 46.4. The minimum absolute atomic E-state index is 0.0171. The van der Waals surface area contributed by atoms with Crippen LogP contribution < -0.4 is 21.3 Å². The molecule has 6 fully saturated rings. The topological polar surface area (TPSA) is 101 Å². The van der Waals surface area contributed by atoms with Crippen LogP contribution in [0.25, 0.3) is 0 Å². The zero-order valence-corrected chi connectivity index (χ0v) is 25.3. The van der Waals surface area contributed by atoms with Crippen LogP contribution in [-0.2, 0) is 9.53 Å². The number of ether oxygens (including phenoxy) is 1. The molecule has 6 aliphatic rings. The lowest BCUT2D eigenvalue weighted by atomic mass is 9.72. The van der Waals surface area contributed by atoms with E-state index in [9.17, 15) is 9.59 Å². The summed E-state index contributed by atoms with van der Waals surface area (Å²) >= 11 is 0. The van der Waals surface area contributed by atoms with E-state index in [0.717, 1.165) is 6.42 Å². The Bertz CT molecular complexity index is 1040. The molecule has 5 heterocycles. The molecule has 13 atom stereocenters. The summed E-state index contributed by atoms with van der Waals surface area (Å²) in [5.41, 5.74) is 0. The van der Waals surface area contributed by atoms with Gasteiger partial charge in [0, 0.05) is 56.3 Å². The van der Waals surface area contributed by atoms with Crippen LogP contribution in [0.1, 0.15) is 53.4 Å². The van der Waals surface area contributed by atoms with Crippen molar-refractivity contribution in [2.75, 3.05) is 26.3 Å². The molecule has 1 saturated carbocycles. The van der Waals surface area contributed by atoms with E-state index in [-0.39, 0.29) is 66.6 Å². The van der Waals surface area contributed by atoms with Crippen molar-refractivity contribution in [2.45, 2.75) is 120 Å². The average molecular weight is 594 g/mol. The monoisotopic (exact) mass is 593 g/mol. The Balaban J connectivity index is 1.39. The van der Waals surface area contributed by atoms with Gasteiger partial charge in [-0.3, -0.25) is 25.6 Å². The molecule has 12 unspecified atom stereocenters. The third kappa shape index (κ3) is 5.14. The van der Waals surface area contributed by atoms with Crippen molar-refractivity contribution in [3.8, 4) is 0 Å². The first kappa shape index (κ1) is 30.2. The highest BCUT2D eigenvalue weighted by atomic mass is 19.1. The molecule has 10 nitrogen and oxygen atoms in total. The second-order valence-electron chi connectivity index (χ2n) is 13.7. The lowest BCUT2D eigenvalue weighted by Gasteiger charge is -2.61. The van der Waals surface area contributed by atoms with Crippen LogP contribution in [0, 0.1) is 17.8 Å². The van der Waals surface area contributed by atoms with E-state index in [0.29, 0.717) is 39.1 Å². The zero-order valence-electron chi connectivity index (χ0n) is 25.3. The SMILES string of the molecule is C=CC(=O)N1CCN(C2NC(=O)N3C4NC(C(F)CC42)C2C(F)CCCC2OC(C)C2NCNC(C(C)C)C23)[C@@H](C)C1. The number of carbonyl (C=O) groups excluding carboxylic acids is 2. The number of halogens is 2. The Morgan fingerprint density at radius 1 is 1.10 bits per heavy atom. The molecule has 0 spiro atoms. The summed E-state index contributed by atoms with van der Waals surface area (Å²) in [6.45, 7) is 14.1. The quantitative estimate of drug-likeness (QED) is 0.369. The number of alkyl halides is 2. The van der Waals surface area contributed by atoms with E-state index in [1.54, 1.807) is 4.90 Å². The highest BCUT2D eigenvalue weighted by Crippen LogP contribution is 2.43. The summed E-state index contributed by atoms with van der Waals surface area (Å²) < 4.78 is 38.8. The molecule has 3 amide bonds. The Labute approximate surface area is 248 Å². The summed E-state index contributed by atoms with van der Waals surface area (Å²) in [7, 11) is 0. The number of carbonyl (C=O) groups is 2. The number of hydrogen-bond acceptors (Lipinski definition) is 7. The number of piperidine rings is 1. The maximum Gasteiger partial charge on any atom is 0.320 e. The summed E-state index contributed by atoms with van der Waals surface area (Å²) in [5, 5.41) is 14.0. The van der Waals surface area contributed by atoms with E-state index in [4.69, 9.17) is 4.74 Å². The van der Waals surface area contributed by atoms with E-state index in [2.05, 4.69) is 46.6 Å². The van der Waals surface area contributed by atoms with Gasteiger partial charge in [-0.15, -0.1) is 0 Å². The Kier molecular flexibility index (Phi) is 8.56. The number of piperazine rings is 1. The fourth-order valence-corrected chi connectivity index (χ4v) is 8.99.